The Morgan fingerprint density at radius 3 is 2.25 bits per heavy atom. The van der Waals surface area contributed by atoms with Crippen molar-refractivity contribution in [2.24, 2.45) is 0 Å². The first-order valence-corrected chi connectivity index (χ1v) is 10.9. The minimum absolute atomic E-state index is 0.00871. The lowest BCUT2D eigenvalue weighted by molar-refractivity contribution is -0.118. The summed E-state index contributed by atoms with van der Waals surface area (Å²) in [5.41, 5.74) is 0.275. The van der Waals surface area contributed by atoms with Crippen LogP contribution in [-0.2, 0) is 14.8 Å². The largest absolute Gasteiger partial charge is 0.482 e. The molecule has 152 valence electrons. The van der Waals surface area contributed by atoms with Gasteiger partial charge in [-0.15, -0.1) is 0 Å². The minimum atomic E-state index is -3.69. The highest BCUT2D eigenvalue weighted by atomic mass is 35.5. The lowest BCUT2D eigenvalue weighted by Gasteiger charge is -2.13. The van der Waals surface area contributed by atoms with Crippen molar-refractivity contribution in [1.82, 2.24) is 4.72 Å². The summed E-state index contributed by atoms with van der Waals surface area (Å²) in [5, 5.41) is 3.29. The van der Waals surface area contributed by atoms with Gasteiger partial charge >= 0.3 is 0 Å². The van der Waals surface area contributed by atoms with E-state index in [1.165, 1.54) is 30.3 Å². The molecule has 0 atom stereocenters. The lowest BCUT2D eigenvalue weighted by Crippen LogP contribution is -2.30. The SMILES string of the molecule is CC(C)NS(=O)(=O)c1ccc(OCC(=O)Nc2cc(Cl)c(Cl)cc2Cl)c(Cl)c1. The molecule has 0 aliphatic carbocycles. The molecule has 2 rings (SSSR count). The molecule has 2 aromatic rings. The zero-order valence-electron chi connectivity index (χ0n) is 14.7. The maximum Gasteiger partial charge on any atom is 0.262 e. The fraction of sp³-hybridized carbons (Fsp3) is 0.235. The number of halogens is 4. The van der Waals surface area contributed by atoms with Crippen LogP contribution in [0.1, 0.15) is 13.8 Å². The van der Waals surface area contributed by atoms with Crippen molar-refractivity contribution in [3.8, 4) is 5.75 Å². The Morgan fingerprint density at radius 1 is 1.00 bits per heavy atom. The van der Waals surface area contributed by atoms with E-state index in [4.69, 9.17) is 51.1 Å². The summed E-state index contributed by atoms with van der Waals surface area (Å²) in [7, 11) is -3.69. The minimum Gasteiger partial charge on any atom is -0.482 e. The number of ether oxygens (including phenoxy) is 1. The summed E-state index contributed by atoms with van der Waals surface area (Å²) in [5.74, 6) is -0.366. The van der Waals surface area contributed by atoms with Crippen LogP contribution >= 0.6 is 46.4 Å². The molecular weight excluding hydrogens is 470 g/mol. The first-order valence-electron chi connectivity index (χ1n) is 7.88. The Bertz CT molecular complexity index is 997. The Labute approximate surface area is 183 Å². The third-order valence-electron chi connectivity index (χ3n) is 3.25. The maximum absolute atomic E-state index is 12.2. The number of hydrogen-bond acceptors (Lipinski definition) is 4. The van der Waals surface area contributed by atoms with Crippen LogP contribution in [0.25, 0.3) is 0 Å². The van der Waals surface area contributed by atoms with Crippen molar-refractivity contribution in [3.05, 3.63) is 50.4 Å². The number of benzene rings is 2. The molecule has 0 radical (unpaired) electrons. The van der Waals surface area contributed by atoms with E-state index < -0.39 is 15.9 Å². The Kier molecular flexibility index (Phi) is 7.84. The molecule has 0 spiro atoms. The predicted octanol–water partition coefficient (Wildman–Crippen LogP) is 5.00. The van der Waals surface area contributed by atoms with Gasteiger partial charge in [-0.1, -0.05) is 46.4 Å². The average Bonchev–Trinajstić information content (AvgIpc) is 2.57. The molecule has 0 unspecified atom stereocenters. The fourth-order valence-corrected chi connectivity index (χ4v) is 4.26. The second kappa shape index (κ2) is 9.52. The van der Waals surface area contributed by atoms with Gasteiger partial charge in [0, 0.05) is 6.04 Å². The second-order valence-electron chi connectivity index (χ2n) is 5.95. The standard InChI is InChI=1S/C17H16Cl4N2O4S/c1-9(2)23-28(25,26)10-3-4-16(14(21)5-10)27-8-17(24)22-15-7-12(19)11(18)6-13(15)20/h3-7,9,23H,8H2,1-2H3,(H,22,24). The molecule has 2 aromatic carbocycles. The number of hydrogen-bond donors (Lipinski definition) is 2. The van der Waals surface area contributed by atoms with Gasteiger partial charge in [-0.3, -0.25) is 4.79 Å². The van der Waals surface area contributed by atoms with E-state index in [-0.39, 0.29) is 49.1 Å². The van der Waals surface area contributed by atoms with Crippen molar-refractivity contribution in [1.29, 1.82) is 0 Å². The van der Waals surface area contributed by atoms with Crippen LogP contribution in [0.2, 0.25) is 20.1 Å². The third-order valence-corrected chi connectivity index (χ3v) is 6.23. The zero-order valence-corrected chi connectivity index (χ0v) is 18.6. The normalized spacial score (nSPS) is 11.5. The molecule has 0 aromatic heterocycles. The Hall–Kier alpha value is -1.22. The molecule has 2 N–H and O–H groups in total. The van der Waals surface area contributed by atoms with Gasteiger partial charge < -0.3 is 10.1 Å². The molecule has 0 heterocycles. The third kappa shape index (κ3) is 6.14. The van der Waals surface area contributed by atoms with Gasteiger partial charge in [0.2, 0.25) is 10.0 Å². The van der Waals surface area contributed by atoms with Crippen LogP contribution in [0, 0.1) is 0 Å². The van der Waals surface area contributed by atoms with E-state index in [9.17, 15) is 13.2 Å². The molecule has 0 bridgehead atoms. The predicted molar refractivity (Wildman–Crippen MR) is 113 cm³/mol. The number of carbonyl (C=O) groups is 1. The van der Waals surface area contributed by atoms with Gasteiger partial charge in [-0.25, -0.2) is 13.1 Å². The van der Waals surface area contributed by atoms with Crippen LogP contribution in [0.3, 0.4) is 0 Å². The van der Waals surface area contributed by atoms with Crippen LogP contribution in [0.4, 0.5) is 5.69 Å². The van der Waals surface area contributed by atoms with Gasteiger partial charge in [0.25, 0.3) is 5.91 Å². The van der Waals surface area contributed by atoms with Crippen molar-refractivity contribution >= 4 is 68.0 Å². The molecule has 0 saturated heterocycles. The number of anilines is 1. The molecule has 0 aliphatic heterocycles. The highest BCUT2D eigenvalue weighted by Gasteiger charge is 2.18. The maximum atomic E-state index is 12.2. The number of nitrogens with one attached hydrogen (secondary N) is 2. The molecule has 1 amide bonds. The van der Waals surface area contributed by atoms with E-state index in [2.05, 4.69) is 10.0 Å². The molecule has 0 fully saturated rings. The number of amides is 1. The van der Waals surface area contributed by atoms with E-state index in [0.717, 1.165) is 0 Å². The first kappa shape index (κ1) is 23.1. The fourth-order valence-electron chi connectivity index (χ4n) is 2.09. The lowest BCUT2D eigenvalue weighted by atomic mass is 10.3. The van der Waals surface area contributed by atoms with E-state index >= 15 is 0 Å². The average molecular weight is 486 g/mol. The van der Waals surface area contributed by atoms with Gasteiger partial charge in [0.1, 0.15) is 5.75 Å². The summed E-state index contributed by atoms with van der Waals surface area (Å²) in [6.07, 6.45) is 0. The van der Waals surface area contributed by atoms with Crippen LogP contribution in [-0.4, -0.2) is 27.0 Å². The molecule has 6 nitrogen and oxygen atoms in total. The highest BCUT2D eigenvalue weighted by molar-refractivity contribution is 7.89. The molecular formula is C17H16Cl4N2O4S. The summed E-state index contributed by atoms with van der Waals surface area (Å²) in [6, 6.07) is 6.50. The van der Waals surface area contributed by atoms with Crippen LogP contribution < -0.4 is 14.8 Å². The Morgan fingerprint density at radius 2 is 1.64 bits per heavy atom. The molecule has 0 aliphatic rings. The quantitative estimate of drug-likeness (QED) is 0.540. The smallest absolute Gasteiger partial charge is 0.262 e. The van der Waals surface area contributed by atoms with Crippen molar-refractivity contribution in [3.63, 3.8) is 0 Å². The van der Waals surface area contributed by atoms with Gasteiger partial charge in [-0.2, -0.15) is 0 Å². The van der Waals surface area contributed by atoms with E-state index in [1.54, 1.807) is 13.8 Å². The Balaban J connectivity index is 2.05. The first-order chi connectivity index (χ1) is 13.0. The van der Waals surface area contributed by atoms with Gasteiger partial charge in [0.15, 0.2) is 6.61 Å². The van der Waals surface area contributed by atoms with Gasteiger partial charge in [0.05, 0.1) is 30.7 Å². The molecule has 0 saturated carbocycles. The van der Waals surface area contributed by atoms with E-state index in [0.29, 0.717) is 0 Å². The van der Waals surface area contributed by atoms with Crippen LogP contribution in [0.5, 0.6) is 5.75 Å². The van der Waals surface area contributed by atoms with Gasteiger partial charge in [-0.05, 0) is 44.2 Å². The number of carbonyl (C=O) groups excluding carboxylic acids is 1. The molecule has 11 heteroatoms. The molecule has 28 heavy (non-hydrogen) atoms. The van der Waals surface area contributed by atoms with Crippen LogP contribution in [0.15, 0.2) is 35.2 Å². The summed E-state index contributed by atoms with van der Waals surface area (Å²) in [4.78, 5) is 12.1. The summed E-state index contributed by atoms with van der Waals surface area (Å²) < 4.78 is 32.1. The monoisotopic (exact) mass is 484 g/mol. The summed E-state index contributed by atoms with van der Waals surface area (Å²) in [6.45, 7) is 3.03. The zero-order chi connectivity index (χ0) is 21.1. The number of sulfonamides is 1. The summed E-state index contributed by atoms with van der Waals surface area (Å²) >= 11 is 23.8. The number of rotatable bonds is 7. The second-order valence-corrected chi connectivity index (χ2v) is 9.29. The van der Waals surface area contributed by atoms with Crippen molar-refractivity contribution < 1.29 is 17.9 Å². The van der Waals surface area contributed by atoms with E-state index in [1.807, 2.05) is 0 Å². The van der Waals surface area contributed by atoms with Crippen molar-refractivity contribution in [2.45, 2.75) is 24.8 Å². The topological polar surface area (TPSA) is 84.5 Å². The van der Waals surface area contributed by atoms with Crippen molar-refractivity contribution in [2.75, 3.05) is 11.9 Å². The highest BCUT2D eigenvalue weighted by Crippen LogP contribution is 2.32.